The van der Waals surface area contributed by atoms with Crippen molar-refractivity contribution in [2.75, 3.05) is 24.7 Å². The lowest BCUT2D eigenvalue weighted by Gasteiger charge is -2.24. The summed E-state index contributed by atoms with van der Waals surface area (Å²) in [6.45, 7) is 2.96. The van der Waals surface area contributed by atoms with Crippen LogP contribution in [0.5, 0.6) is 5.75 Å². The zero-order chi connectivity index (χ0) is 12.2. The Labute approximate surface area is 113 Å². The summed E-state index contributed by atoms with van der Waals surface area (Å²) >= 11 is 2.08. The Balaban J connectivity index is 1.65. The first kappa shape index (κ1) is 12.4. The number of rotatable bonds is 3. The maximum absolute atomic E-state index is 6.09. The molecule has 0 amide bonds. The highest BCUT2D eigenvalue weighted by molar-refractivity contribution is 7.99. The molecule has 98 valence electrons. The largest absolute Gasteiger partial charge is 0.493 e. The van der Waals surface area contributed by atoms with Crippen LogP contribution in [0.3, 0.4) is 0 Å². The highest BCUT2D eigenvalue weighted by Crippen LogP contribution is 2.28. The number of thioether (sulfide) groups is 1. The molecule has 1 saturated heterocycles. The summed E-state index contributed by atoms with van der Waals surface area (Å²) in [5, 5.41) is 3.44. The van der Waals surface area contributed by atoms with Crippen LogP contribution < -0.4 is 10.1 Å². The van der Waals surface area contributed by atoms with Crippen molar-refractivity contribution in [2.45, 2.75) is 25.8 Å². The first-order valence-electron chi connectivity index (χ1n) is 6.95. The fourth-order valence-corrected chi connectivity index (χ4v) is 3.94. The smallest absolute Gasteiger partial charge is 0.124 e. The fraction of sp³-hybridized carbons (Fsp3) is 0.600. The van der Waals surface area contributed by atoms with E-state index in [0.717, 1.165) is 37.8 Å². The molecule has 0 saturated carbocycles. The molecule has 2 aliphatic heterocycles. The molecule has 3 heteroatoms. The van der Waals surface area contributed by atoms with Crippen molar-refractivity contribution in [3.63, 3.8) is 0 Å². The van der Waals surface area contributed by atoms with Gasteiger partial charge in [0.15, 0.2) is 0 Å². The first-order chi connectivity index (χ1) is 8.93. The van der Waals surface area contributed by atoms with E-state index in [0.29, 0.717) is 0 Å². The molecule has 0 spiro atoms. The molecule has 18 heavy (non-hydrogen) atoms. The van der Waals surface area contributed by atoms with Crippen LogP contribution in [-0.4, -0.2) is 24.7 Å². The molecular weight excluding hydrogens is 242 g/mol. The highest BCUT2D eigenvalue weighted by Gasteiger charge is 2.17. The molecule has 1 fully saturated rings. The van der Waals surface area contributed by atoms with Crippen LogP contribution in [0.2, 0.25) is 0 Å². The Morgan fingerprint density at radius 1 is 1.28 bits per heavy atom. The van der Waals surface area contributed by atoms with E-state index in [1.807, 2.05) is 0 Å². The number of fused-ring (bicyclic) bond motifs is 1. The van der Waals surface area contributed by atoms with E-state index >= 15 is 0 Å². The average Bonchev–Trinajstić information content (AvgIpc) is 2.46. The molecule has 0 aromatic heterocycles. The topological polar surface area (TPSA) is 21.3 Å². The predicted octanol–water partition coefficient (Wildman–Crippen LogP) is 2.85. The maximum Gasteiger partial charge on any atom is 0.124 e. The molecule has 3 rings (SSSR count). The number of benzene rings is 1. The third-order valence-corrected chi connectivity index (χ3v) is 4.97. The molecule has 0 atom stereocenters. The fourth-order valence-electron chi connectivity index (χ4n) is 2.74. The number of hydrogen-bond acceptors (Lipinski definition) is 3. The molecule has 2 nitrogen and oxygen atoms in total. The van der Waals surface area contributed by atoms with Crippen LogP contribution in [-0.2, 0) is 13.0 Å². The van der Waals surface area contributed by atoms with Gasteiger partial charge in [-0.05, 0) is 54.9 Å². The normalized spacial score (nSPS) is 20.4. The van der Waals surface area contributed by atoms with Crippen molar-refractivity contribution < 1.29 is 4.74 Å². The van der Waals surface area contributed by atoms with Gasteiger partial charge in [-0.2, -0.15) is 11.8 Å². The molecule has 1 aromatic rings. The van der Waals surface area contributed by atoms with E-state index in [1.54, 1.807) is 0 Å². The molecule has 1 aromatic carbocycles. The van der Waals surface area contributed by atoms with E-state index in [1.165, 1.54) is 35.5 Å². The van der Waals surface area contributed by atoms with Crippen LogP contribution in [0.1, 0.15) is 24.0 Å². The summed E-state index contributed by atoms with van der Waals surface area (Å²) in [7, 11) is 0. The van der Waals surface area contributed by atoms with Gasteiger partial charge in [0, 0.05) is 12.1 Å². The molecule has 0 aliphatic carbocycles. The van der Waals surface area contributed by atoms with E-state index in [2.05, 4.69) is 35.3 Å². The molecule has 0 radical (unpaired) electrons. The lowest BCUT2D eigenvalue weighted by molar-refractivity contribution is 0.237. The van der Waals surface area contributed by atoms with Crippen LogP contribution in [0, 0.1) is 5.92 Å². The van der Waals surface area contributed by atoms with Gasteiger partial charge in [-0.3, -0.25) is 0 Å². The van der Waals surface area contributed by atoms with Crippen LogP contribution in [0.4, 0.5) is 0 Å². The van der Waals surface area contributed by atoms with Gasteiger partial charge >= 0.3 is 0 Å². The standard InChI is InChI=1S/C15H21NOS/c1-2-13-4-7-16-10-14(13)15(3-1)17-11-12-5-8-18-9-6-12/h1-3,12,16H,4-11H2. The third kappa shape index (κ3) is 2.83. The highest BCUT2D eigenvalue weighted by atomic mass is 32.2. The molecule has 2 aliphatic rings. The van der Waals surface area contributed by atoms with Gasteiger partial charge in [-0.25, -0.2) is 0 Å². The Bertz CT molecular complexity index is 401. The van der Waals surface area contributed by atoms with Gasteiger partial charge < -0.3 is 10.1 Å². The van der Waals surface area contributed by atoms with Crippen LogP contribution >= 0.6 is 11.8 Å². The van der Waals surface area contributed by atoms with Crippen LogP contribution in [0.25, 0.3) is 0 Å². The minimum atomic E-state index is 0.763. The molecule has 0 unspecified atom stereocenters. The van der Waals surface area contributed by atoms with E-state index in [-0.39, 0.29) is 0 Å². The summed E-state index contributed by atoms with van der Waals surface area (Å²) in [5.41, 5.74) is 2.85. The van der Waals surface area contributed by atoms with Gasteiger partial charge in [0.25, 0.3) is 0 Å². The zero-order valence-electron chi connectivity index (χ0n) is 10.8. The van der Waals surface area contributed by atoms with Crippen LogP contribution in [0.15, 0.2) is 18.2 Å². The van der Waals surface area contributed by atoms with Gasteiger partial charge in [0.05, 0.1) is 6.61 Å². The quantitative estimate of drug-likeness (QED) is 0.906. The van der Waals surface area contributed by atoms with Crippen molar-refractivity contribution in [3.8, 4) is 5.75 Å². The summed E-state index contributed by atoms with van der Waals surface area (Å²) in [6, 6.07) is 6.50. The van der Waals surface area contributed by atoms with Gasteiger partial charge in [-0.15, -0.1) is 0 Å². The SMILES string of the molecule is c1cc2c(c(OCC3CCSCC3)c1)CNCC2. The average molecular weight is 263 g/mol. The van der Waals surface area contributed by atoms with Crippen molar-refractivity contribution in [1.29, 1.82) is 0 Å². The van der Waals surface area contributed by atoms with Gasteiger partial charge in [0.2, 0.25) is 0 Å². The number of nitrogens with one attached hydrogen (secondary N) is 1. The second kappa shape index (κ2) is 5.98. The first-order valence-corrected chi connectivity index (χ1v) is 8.11. The minimum absolute atomic E-state index is 0.763. The van der Waals surface area contributed by atoms with Crippen molar-refractivity contribution in [1.82, 2.24) is 5.32 Å². The number of hydrogen-bond donors (Lipinski definition) is 1. The molecule has 2 heterocycles. The van der Waals surface area contributed by atoms with E-state index in [4.69, 9.17) is 4.74 Å². The van der Waals surface area contributed by atoms with E-state index < -0.39 is 0 Å². The summed E-state index contributed by atoms with van der Waals surface area (Å²) in [4.78, 5) is 0. The molecular formula is C15H21NOS. The Morgan fingerprint density at radius 3 is 3.06 bits per heavy atom. The zero-order valence-corrected chi connectivity index (χ0v) is 11.6. The minimum Gasteiger partial charge on any atom is -0.493 e. The lowest BCUT2D eigenvalue weighted by Crippen LogP contribution is -2.25. The monoisotopic (exact) mass is 263 g/mol. The predicted molar refractivity (Wildman–Crippen MR) is 77.4 cm³/mol. The summed E-state index contributed by atoms with van der Waals surface area (Å²) < 4.78 is 6.09. The van der Waals surface area contributed by atoms with Gasteiger partial charge in [0.1, 0.15) is 5.75 Å². The van der Waals surface area contributed by atoms with Crippen molar-refractivity contribution >= 4 is 11.8 Å². The van der Waals surface area contributed by atoms with Crippen molar-refractivity contribution in [2.24, 2.45) is 5.92 Å². The summed E-state index contributed by atoms with van der Waals surface area (Å²) in [5.74, 6) is 4.49. The maximum atomic E-state index is 6.09. The third-order valence-electron chi connectivity index (χ3n) is 3.92. The molecule has 0 bridgehead atoms. The van der Waals surface area contributed by atoms with Gasteiger partial charge in [-0.1, -0.05) is 12.1 Å². The second-order valence-corrected chi connectivity index (χ2v) is 6.41. The Morgan fingerprint density at radius 2 is 2.17 bits per heavy atom. The Hall–Kier alpha value is -0.670. The second-order valence-electron chi connectivity index (χ2n) is 5.19. The Kier molecular flexibility index (Phi) is 4.11. The molecule has 1 N–H and O–H groups in total. The van der Waals surface area contributed by atoms with E-state index in [9.17, 15) is 0 Å². The number of ether oxygens (including phenoxy) is 1. The van der Waals surface area contributed by atoms with Crippen molar-refractivity contribution in [3.05, 3.63) is 29.3 Å². The summed E-state index contributed by atoms with van der Waals surface area (Å²) in [6.07, 6.45) is 3.77. The lowest BCUT2D eigenvalue weighted by atomic mass is 10.00.